The summed E-state index contributed by atoms with van der Waals surface area (Å²) in [7, 11) is 0. The van der Waals surface area contributed by atoms with Crippen LogP contribution in [0.5, 0.6) is 0 Å². The molecular formula is C16H20F2O6. The molecule has 6 nitrogen and oxygen atoms in total. The minimum atomic E-state index is -3.61. The Hall–Kier alpha value is -1.73. The molecule has 3 rings (SSSR count). The molecule has 24 heavy (non-hydrogen) atoms. The fraction of sp³-hybridized carbons (Fsp3) is 0.812. The number of ether oxygens (including phenoxy) is 3. The first-order chi connectivity index (χ1) is 11.0. The lowest BCUT2D eigenvalue weighted by Gasteiger charge is -2.30. The van der Waals surface area contributed by atoms with Gasteiger partial charge in [0.25, 0.3) is 0 Å². The predicted octanol–water partition coefficient (Wildman–Crippen LogP) is 1.70. The lowest BCUT2D eigenvalue weighted by molar-refractivity contribution is -0.181. The lowest BCUT2D eigenvalue weighted by atomic mass is 9.87. The van der Waals surface area contributed by atoms with E-state index in [1.165, 1.54) is 13.8 Å². The van der Waals surface area contributed by atoms with Crippen molar-refractivity contribution >= 4 is 17.9 Å². The van der Waals surface area contributed by atoms with Gasteiger partial charge in [-0.1, -0.05) is 0 Å². The fourth-order valence-corrected chi connectivity index (χ4v) is 3.78. The van der Waals surface area contributed by atoms with Crippen LogP contribution in [0.1, 0.15) is 33.6 Å². The minimum Gasteiger partial charge on any atom is -0.460 e. The highest BCUT2D eigenvalue weighted by Crippen LogP contribution is 2.55. The molecule has 1 saturated heterocycles. The molecule has 2 saturated carbocycles. The van der Waals surface area contributed by atoms with Crippen LogP contribution in [-0.2, 0) is 28.6 Å². The molecule has 3 aliphatic rings. The molecular weight excluding hydrogens is 326 g/mol. The van der Waals surface area contributed by atoms with Crippen molar-refractivity contribution in [2.45, 2.75) is 51.7 Å². The molecule has 0 N–H and O–H groups in total. The number of alkyl halides is 2. The summed E-state index contributed by atoms with van der Waals surface area (Å²) < 4.78 is 41.0. The van der Waals surface area contributed by atoms with Crippen molar-refractivity contribution in [2.75, 3.05) is 6.61 Å². The Labute approximate surface area is 137 Å². The van der Waals surface area contributed by atoms with Crippen LogP contribution in [0.25, 0.3) is 0 Å². The summed E-state index contributed by atoms with van der Waals surface area (Å²) >= 11 is 0. The van der Waals surface area contributed by atoms with E-state index in [0.717, 1.165) is 6.42 Å². The van der Waals surface area contributed by atoms with E-state index < -0.39 is 42.1 Å². The number of hydrogen-bond donors (Lipinski definition) is 0. The van der Waals surface area contributed by atoms with Gasteiger partial charge in [0.2, 0.25) is 0 Å². The SMILES string of the molecule is CC(F)(F)C(=O)OCC(C)(C)C(=O)OC1C2CC3C(=O)OC1C3C2. The van der Waals surface area contributed by atoms with Crippen molar-refractivity contribution in [2.24, 2.45) is 23.2 Å². The maximum absolute atomic E-state index is 12.8. The highest BCUT2D eigenvalue weighted by Gasteiger charge is 2.63. The third-order valence-electron chi connectivity index (χ3n) is 5.13. The van der Waals surface area contributed by atoms with Crippen LogP contribution in [0.15, 0.2) is 0 Å². The number of fused-ring (bicyclic) bond motifs is 1. The molecule has 8 heteroatoms. The maximum Gasteiger partial charge on any atom is 0.376 e. The van der Waals surface area contributed by atoms with E-state index in [-0.39, 0.29) is 23.7 Å². The zero-order chi connectivity index (χ0) is 17.9. The van der Waals surface area contributed by atoms with Crippen LogP contribution < -0.4 is 0 Å². The van der Waals surface area contributed by atoms with Gasteiger partial charge in [-0.15, -0.1) is 0 Å². The summed E-state index contributed by atoms with van der Waals surface area (Å²) in [6.45, 7) is 2.82. The van der Waals surface area contributed by atoms with Gasteiger partial charge < -0.3 is 14.2 Å². The van der Waals surface area contributed by atoms with Crippen molar-refractivity contribution < 1.29 is 37.4 Å². The van der Waals surface area contributed by atoms with Crippen LogP contribution in [0, 0.1) is 23.2 Å². The van der Waals surface area contributed by atoms with Crippen molar-refractivity contribution in [3.63, 3.8) is 0 Å². The van der Waals surface area contributed by atoms with E-state index in [2.05, 4.69) is 4.74 Å². The van der Waals surface area contributed by atoms with Gasteiger partial charge in [0, 0.05) is 18.8 Å². The van der Waals surface area contributed by atoms with E-state index in [1.54, 1.807) is 0 Å². The largest absolute Gasteiger partial charge is 0.460 e. The Morgan fingerprint density at radius 2 is 1.88 bits per heavy atom. The number of esters is 3. The Bertz CT molecular complexity index is 582. The summed E-state index contributed by atoms with van der Waals surface area (Å²) in [5, 5.41) is 0. The molecule has 1 aliphatic heterocycles. The quantitative estimate of drug-likeness (QED) is 0.557. The van der Waals surface area contributed by atoms with Gasteiger partial charge in [-0.05, 0) is 26.7 Å². The second-order valence-corrected chi connectivity index (χ2v) is 7.62. The topological polar surface area (TPSA) is 78.9 Å². The van der Waals surface area contributed by atoms with E-state index in [1.807, 2.05) is 0 Å². The van der Waals surface area contributed by atoms with Gasteiger partial charge in [-0.25, -0.2) is 4.79 Å². The normalized spacial score (nSPS) is 34.2. The number of carbonyl (C=O) groups excluding carboxylic acids is 3. The van der Waals surface area contributed by atoms with Gasteiger partial charge in [0.05, 0.1) is 11.3 Å². The Morgan fingerprint density at radius 3 is 2.50 bits per heavy atom. The summed E-state index contributed by atoms with van der Waals surface area (Å²) in [5.74, 6) is -6.10. The molecule has 0 amide bonds. The maximum atomic E-state index is 12.8. The Balaban J connectivity index is 1.59. The molecule has 0 spiro atoms. The van der Waals surface area contributed by atoms with Gasteiger partial charge in [-0.2, -0.15) is 8.78 Å². The van der Waals surface area contributed by atoms with E-state index in [0.29, 0.717) is 13.3 Å². The van der Waals surface area contributed by atoms with Gasteiger partial charge in [0.15, 0.2) is 0 Å². The lowest BCUT2D eigenvalue weighted by Crippen LogP contribution is -2.42. The average molecular weight is 346 g/mol. The summed E-state index contributed by atoms with van der Waals surface area (Å²) in [5.41, 5.74) is -1.27. The molecule has 5 atom stereocenters. The molecule has 3 fully saturated rings. The second kappa shape index (κ2) is 5.39. The van der Waals surface area contributed by atoms with Crippen LogP contribution in [0.4, 0.5) is 8.78 Å². The number of hydrogen-bond acceptors (Lipinski definition) is 6. The molecule has 0 aromatic carbocycles. The third kappa shape index (κ3) is 2.75. The van der Waals surface area contributed by atoms with Crippen LogP contribution in [0.3, 0.4) is 0 Å². The van der Waals surface area contributed by atoms with Crippen molar-refractivity contribution in [3.05, 3.63) is 0 Å². The van der Waals surface area contributed by atoms with Gasteiger partial charge in [-0.3, -0.25) is 9.59 Å². The van der Waals surface area contributed by atoms with Crippen LogP contribution in [-0.4, -0.2) is 42.6 Å². The minimum absolute atomic E-state index is 0.0822. The van der Waals surface area contributed by atoms with Gasteiger partial charge in [0.1, 0.15) is 18.8 Å². The standard InChI is InChI=1S/C16H20F2O6/c1-15(2,6-22-14(21)16(3,17)18)13(20)24-10-7-4-8-9(5-7)12(19)23-11(8)10/h7-11H,4-6H2,1-3H3. The van der Waals surface area contributed by atoms with E-state index in [9.17, 15) is 23.2 Å². The Morgan fingerprint density at radius 1 is 1.21 bits per heavy atom. The van der Waals surface area contributed by atoms with Crippen molar-refractivity contribution in [1.29, 1.82) is 0 Å². The molecule has 2 bridgehead atoms. The number of rotatable bonds is 5. The summed E-state index contributed by atoms with van der Waals surface area (Å²) in [6.07, 6.45) is 0.516. The highest BCUT2D eigenvalue weighted by atomic mass is 19.3. The van der Waals surface area contributed by atoms with Crippen molar-refractivity contribution in [3.8, 4) is 0 Å². The van der Waals surface area contributed by atoms with Crippen LogP contribution in [0.2, 0.25) is 0 Å². The number of carbonyl (C=O) groups is 3. The molecule has 0 radical (unpaired) electrons. The first-order valence-electron chi connectivity index (χ1n) is 7.97. The molecule has 0 aromatic rings. The monoisotopic (exact) mass is 346 g/mol. The molecule has 0 aromatic heterocycles. The van der Waals surface area contributed by atoms with Crippen molar-refractivity contribution in [1.82, 2.24) is 0 Å². The van der Waals surface area contributed by atoms with E-state index >= 15 is 0 Å². The fourth-order valence-electron chi connectivity index (χ4n) is 3.78. The summed E-state index contributed by atoms with van der Waals surface area (Å²) in [4.78, 5) is 35.2. The molecule has 134 valence electrons. The second-order valence-electron chi connectivity index (χ2n) is 7.62. The molecule has 5 unspecified atom stereocenters. The zero-order valence-corrected chi connectivity index (χ0v) is 13.7. The Kier molecular flexibility index (Phi) is 3.84. The zero-order valence-electron chi connectivity index (χ0n) is 13.7. The average Bonchev–Trinajstić information content (AvgIpc) is 3.08. The first kappa shape index (κ1) is 17.1. The highest BCUT2D eigenvalue weighted by molar-refractivity contribution is 5.80. The predicted molar refractivity (Wildman–Crippen MR) is 74.8 cm³/mol. The van der Waals surface area contributed by atoms with Gasteiger partial charge >= 0.3 is 23.8 Å². The first-order valence-corrected chi connectivity index (χ1v) is 7.97. The summed E-state index contributed by atoms with van der Waals surface area (Å²) in [6, 6.07) is 0. The molecule has 2 aliphatic carbocycles. The smallest absolute Gasteiger partial charge is 0.376 e. The molecule has 1 heterocycles. The third-order valence-corrected chi connectivity index (χ3v) is 5.13. The number of halogens is 2. The van der Waals surface area contributed by atoms with Crippen LogP contribution >= 0.6 is 0 Å². The van der Waals surface area contributed by atoms with E-state index in [4.69, 9.17) is 9.47 Å².